The zero-order valence-corrected chi connectivity index (χ0v) is 16.8. The number of nitrogens with one attached hydrogen (secondary N) is 2. The average molecular weight is 431 g/mol. The molecule has 0 spiro atoms. The Hall–Kier alpha value is -4.66. The average Bonchev–Trinajstić information content (AvgIpc) is 3.18. The SMILES string of the molecule is COc1ccc(C(=O)Nc2c(C(=O)Nc3ccc([N+](=O)[O-])cc3)oc3ccccc23)cc1. The zero-order chi connectivity index (χ0) is 22.7. The molecule has 0 aliphatic carbocycles. The number of non-ortho nitro benzene ring substituents is 1. The van der Waals surface area contributed by atoms with Crippen molar-refractivity contribution < 1.29 is 23.7 Å². The molecule has 1 heterocycles. The molecule has 4 rings (SSSR count). The second-order valence-corrected chi connectivity index (χ2v) is 6.74. The molecule has 32 heavy (non-hydrogen) atoms. The van der Waals surface area contributed by atoms with Crippen LogP contribution in [0.5, 0.6) is 5.75 Å². The third-order valence-electron chi connectivity index (χ3n) is 4.73. The van der Waals surface area contributed by atoms with E-state index in [1.807, 2.05) is 0 Å². The van der Waals surface area contributed by atoms with Gasteiger partial charge >= 0.3 is 0 Å². The Bertz CT molecular complexity index is 1310. The van der Waals surface area contributed by atoms with Crippen molar-refractivity contribution in [2.24, 2.45) is 0 Å². The van der Waals surface area contributed by atoms with Gasteiger partial charge in [-0.1, -0.05) is 12.1 Å². The summed E-state index contributed by atoms with van der Waals surface area (Å²) in [6.45, 7) is 0. The van der Waals surface area contributed by atoms with Crippen molar-refractivity contribution in [3.8, 4) is 5.75 Å². The molecule has 0 unspecified atom stereocenters. The number of carbonyl (C=O) groups is 2. The third kappa shape index (κ3) is 4.12. The number of nitro groups is 1. The predicted molar refractivity (Wildman–Crippen MR) is 118 cm³/mol. The number of amides is 2. The van der Waals surface area contributed by atoms with Gasteiger partial charge in [-0.15, -0.1) is 0 Å². The summed E-state index contributed by atoms with van der Waals surface area (Å²) >= 11 is 0. The number of nitro benzene ring substituents is 1. The molecule has 0 bridgehead atoms. The molecule has 2 amide bonds. The van der Waals surface area contributed by atoms with Gasteiger partial charge in [0.2, 0.25) is 5.76 Å². The number of anilines is 2. The van der Waals surface area contributed by atoms with Crippen LogP contribution in [0, 0.1) is 10.1 Å². The molecule has 2 N–H and O–H groups in total. The van der Waals surface area contributed by atoms with E-state index in [1.54, 1.807) is 48.5 Å². The number of hydrogen-bond acceptors (Lipinski definition) is 6. The molecular weight excluding hydrogens is 414 g/mol. The summed E-state index contributed by atoms with van der Waals surface area (Å²) in [5, 5.41) is 16.8. The number of nitrogens with zero attached hydrogens (tertiary/aromatic N) is 1. The number of hydrogen-bond donors (Lipinski definition) is 2. The number of rotatable bonds is 6. The van der Waals surface area contributed by atoms with E-state index in [0.29, 0.717) is 28.0 Å². The van der Waals surface area contributed by atoms with Gasteiger partial charge in [0.1, 0.15) is 17.0 Å². The Morgan fingerprint density at radius 1 is 0.906 bits per heavy atom. The van der Waals surface area contributed by atoms with Crippen LogP contribution in [0.25, 0.3) is 11.0 Å². The molecule has 0 saturated heterocycles. The highest BCUT2D eigenvalue weighted by Crippen LogP contribution is 2.32. The number of fused-ring (bicyclic) bond motifs is 1. The predicted octanol–water partition coefficient (Wildman–Crippen LogP) is 4.85. The maximum absolute atomic E-state index is 12.9. The fourth-order valence-corrected chi connectivity index (χ4v) is 3.11. The van der Waals surface area contributed by atoms with Crippen LogP contribution >= 0.6 is 0 Å². The van der Waals surface area contributed by atoms with Crippen LogP contribution in [0.15, 0.2) is 77.2 Å². The van der Waals surface area contributed by atoms with Gasteiger partial charge in [0.25, 0.3) is 17.5 Å². The Morgan fingerprint density at radius 3 is 2.25 bits per heavy atom. The minimum Gasteiger partial charge on any atom is -0.497 e. The molecular formula is C23H17N3O6. The summed E-state index contributed by atoms with van der Waals surface area (Å²) < 4.78 is 10.8. The number of furan rings is 1. The topological polar surface area (TPSA) is 124 Å². The van der Waals surface area contributed by atoms with Crippen molar-refractivity contribution in [3.63, 3.8) is 0 Å². The molecule has 0 fully saturated rings. The van der Waals surface area contributed by atoms with Crippen LogP contribution in [0.4, 0.5) is 17.1 Å². The van der Waals surface area contributed by atoms with Crippen LogP contribution in [-0.4, -0.2) is 23.8 Å². The van der Waals surface area contributed by atoms with Gasteiger partial charge in [0.15, 0.2) is 0 Å². The minimum absolute atomic E-state index is 0.0913. The van der Waals surface area contributed by atoms with E-state index >= 15 is 0 Å². The number of para-hydroxylation sites is 1. The lowest BCUT2D eigenvalue weighted by molar-refractivity contribution is -0.384. The first-order chi connectivity index (χ1) is 15.5. The van der Waals surface area contributed by atoms with E-state index in [0.717, 1.165) is 0 Å². The van der Waals surface area contributed by atoms with Crippen molar-refractivity contribution >= 4 is 39.8 Å². The standard InChI is InChI=1S/C23H17N3O6/c1-31-17-12-6-14(7-13-17)22(27)25-20-18-4-2-3-5-19(18)32-21(20)23(28)24-15-8-10-16(11-9-15)26(29)30/h2-13H,1H3,(H,24,28)(H,25,27). The fraction of sp³-hybridized carbons (Fsp3) is 0.0435. The van der Waals surface area contributed by atoms with E-state index in [9.17, 15) is 19.7 Å². The molecule has 160 valence electrons. The summed E-state index contributed by atoms with van der Waals surface area (Å²) in [5.41, 5.74) is 1.26. The summed E-state index contributed by atoms with van der Waals surface area (Å²) in [7, 11) is 1.53. The zero-order valence-electron chi connectivity index (χ0n) is 16.8. The van der Waals surface area contributed by atoms with Crippen LogP contribution in [0.2, 0.25) is 0 Å². The first-order valence-corrected chi connectivity index (χ1v) is 9.49. The first kappa shape index (κ1) is 20.6. The maximum Gasteiger partial charge on any atom is 0.293 e. The smallest absolute Gasteiger partial charge is 0.293 e. The Labute approximate surface area is 181 Å². The first-order valence-electron chi connectivity index (χ1n) is 9.49. The van der Waals surface area contributed by atoms with E-state index in [1.165, 1.54) is 31.4 Å². The molecule has 9 nitrogen and oxygen atoms in total. The van der Waals surface area contributed by atoms with Crippen molar-refractivity contribution in [3.05, 3.63) is 94.2 Å². The van der Waals surface area contributed by atoms with Crippen LogP contribution in [-0.2, 0) is 0 Å². The Balaban J connectivity index is 1.64. The van der Waals surface area contributed by atoms with Crippen molar-refractivity contribution in [1.82, 2.24) is 0 Å². The van der Waals surface area contributed by atoms with Crippen molar-refractivity contribution in [1.29, 1.82) is 0 Å². The molecule has 0 aliphatic heterocycles. The second-order valence-electron chi connectivity index (χ2n) is 6.74. The van der Waals surface area contributed by atoms with Crippen molar-refractivity contribution in [2.45, 2.75) is 0 Å². The molecule has 0 saturated carbocycles. The Kier molecular flexibility index (Phi) is 5.54. The minimum atomic E-state index is -0.611. The van der Waals surface area contributed by atoms with E-state index in [4.69, 9.17) is 9.15 Å². The van der Waals surface area contributed by atoms with Gasteiger partial charge in [0.05, 0.1) is 12.0 Å². The summed E-state index contributed by atoms with van der Waals surface area (Å²) in [6.07, 6.45) is 0. The number of ether oxygens (including phenoxy) is 1. The second kappa shape index (κ2) is 8.60. The molecule has 3 aromatic carbocycles. The highest BCUT2D eigenvalue weighted by molar-refractivity contribution is 6.16. The fourth-order valence-electron chi connectivity index (χ4n) is 3.11. The highest BCUT2D eigenvalue weighted by atomic mass is 16.6. The summed E-state index contributed by atoms with van der Waals surface area (Å²) in [4.78, 5) is 36.0. The maximum atomic E-state index is 12.9. The molecule has 0 radical (unpaired) electrons. The monoisotopic (exact) mass is 431 g/mol. The van der Waals surface area contributed by atoms with E-state index in [-0.39, 0.29) is 17.1 Å². The molecule has 1 aromatic heterocycles. The highest BCUT2D eigenvalue weighted by Gasteiger charge is 2.23. The van der Waals surface area contributed by atoms with Gasteiger partial charge in [-0.2, -0.15) is 0 Å². The number of methoxy groups -OCH3 is 1. The normalized spacial score (nSPS) is 10.5. The largest absolute Gasteiger partial charge is 0.497 e. The quantitative estimate of drug-likeness (QED) is 0.332. The number of carbonyl (C=O) groups excluding carboxylic acids is 2. The lowest BCUT2D eigenvalue weighted by Gasteiger charge is -2.08. The third-order valence-corrected chi connectivity index (χ3v) is 4.73. The summed E-state index contributed by atoms with van der Waals surface area (Å²) in [5.74, 6) is -0.520. The lowest BCUT2D eigenvalue weighted by atomic mass is 10.1. The summed E-state index contributed by atoms with van der Waals surface area (Å²) in [6, 6.07) is 18.8. The van der Waals surface area contributed by atoms with Crippen molar-refractivity contribution in [2.75, 3.05) is 17.7 Å². The lowest BCUT2D eigenvalue weighted by Crippen LogP contribution is -2.17. The van der Waals surface area contributed by atoms with Gasteiger partial charge in [-0.3, -0.25) is 19.7 Å². The van der Waals surface area contributed by atoms with Crippen LogP contribution in [0.1, 0.15) is 20.9 Å². The van der Waals surface area contributed by atoms with E-state index < -0.39 is 16.7 Å². The molecule has 0 aliphatic rings. The van der Waals surface area contributed by atoms with Gasteiger partial charge < -0.3 is 19.8 Å². The van der Waals surface area contributed by atoms with E-state index in [2.05, 4.69) is 10.6 Å². The number of benzene rings is 3. The van der Waals surface area contributed by atoms with Gasteiger partial charge in [-0.25, -0.2) is 0 Å². The van der Waals surface area contributed by atoms with Crippen LogP contribution in [0.3, 0.4) is 0 Å². The molecule has 4 aromatic rings. The van der Waals surface area contributed by atoms with Gasteiger partial charge in [-0.05, 0) is 48.5 Å². The van der Waals surface area contributed by atoms with Crippen LogP contribution < -0.4 is 15.4 Å². The molecule has 0 atom stereocenters. The Morgan fingerprint density at radius 2 is 1.59 bits per heavy atom. The van der Waals surface area contributed by atoms with Gasteiger partial charge in [0, 0.05) is 28.8 Å². The molecule has 9 heteroatoms.